The molecule has 0 aliphatic carbocycles. The van der Waals surface area contributed by atoms with Gasteiger partial charge in [-0.05, 0) is 26.3 Å². The van der Waals surface area contributed by atoms with Crippen LogP contribution in [0.4, 0.5) is 0 Å². The van der Waals surface area contributed by atoms with Gasteiger partial charge in [-0.15, -0.1) is 11.3 Å². The first-order valence-electron chi connectivity index (χ1n) is 8.72. The standard InChI is InChI=1S/C19H27N5OS/c1-5-24(13-16-9-7-6-8-10-16)18(25)12-22-19(20-4)21-11-17-14(2)23-15(3)26-17/h6-10H,5,11-13H2,1-4H3,(H2,20,21,22). The van der Waals surface area contributed by atoms with E-state index in [1.54, 1.807) is 18.4 Å². The monoisotopic (exact) mass is 373 g/mol. The molecule has 1 heterocycles. The Balaban J connectivity index is 1.84. The van der Waals surface area contributed by atoms with Gasteiger partial charge < -0.3 is 15.5 Å². The van der Waals surface area contributed by atoms with Crippen LogP contribution in [0.5, 0.6) is 0 Å². The molecule has 140 valence electrons. The van der Waals surface area contributed by atoms with Crippen molar-refractivity contribution >= 4 is 23.2 Å². The number of aromatic nitrogens is 1. The summed E-state index contributed by atoms with van der Waals surface area (Å²) in [7, 11) is 1.70. The molecule has 0 fully saturated rings. The Bertz CT molecular complexity index is 742. The summed E-state index contributed by atoms with van der Waals surface area (Å²) < 4.78 is 0. The van der Waals surface area contributed by atoms with Gasteiger partial charge in [0.25, 0.3) is 0 Å². The van der Waals surface area contributed by atoms with Crippen molar-refractivity contribution in [2.24, 2.45) is 4.99 Å². The van der Waals surface area contributed by atoms with E-state index in [2.05, 4.69) is 20.6 Å². The van der Waals surface area contributed by atoms with Gasteiger partial charge in [0.2, 0.25) is 5.91 Å². The van der Waals surface area contributed by atoms with Gasteiger partial charge in [0, 0.05) is 25.0 Å². The molecule has 1 aromatic carbocycles. The fourth-order valence-electron chi connectivity index (χ4n) is 2.57. The van der Waals surface area contributed by atoms with E-state index in [4.69, 9.17) is 0 Å². The van der Waals surface area contributed by atoms with E-state index >= 15 is 0 Å². The second-order valence-corrected chi connectivity index (χ2v) is 7.20. The molecule has 0 bridgehead atoms. The van der Waals surface area contributed by atoms with Crippen LogP contribution in [0.15, 0.2) is 35.3 Å². The lowest BCUT2D eigenvalue weighted by molar-refractivity contribution is -0.130. The smallest absolute Gasteiger partial charge is 0.242 e. The normalized spacial score (nSPS) is 11.3. The summed E-state index contributed by atoms with van der Waals surface area (Å²) in [6.45, 7) is 8.13. The summed E-state index contributed by atoms with van der Waals surface area (Å²) in [6, 6.07) is 10.0. The highest BCUT2D eigenvalue weighted by Gasteiger charge is 2.13. The maximum atomic E-state index is 12.5. The number of hydrogen-bond donors (Lipinski definition) is 2. The predicted molar refractivity (Wildman–Crippen MR) is 107 cm³/mol. The van der Waals surface area contributed by atoms with E-state index in [9.17, 15) is 4.79 Å². The molecule has 2 rings (SSSR count). The van der Waals surface area contributed by atoms with Crippen molar-refractivity contribution in [2.45, 2.75) is 33.9 Å². The lowest BCUT2D eigenvalue weighted by Gasteiger charge is -2.22. The summed E-state index contributed by atoms with van der Waals surface area (Å²) in [5.41, 5.74) is 2.16. The summed E-state index contributed by atoms with van der Waals surface area (Å²) in [5.74, 6) is 0.656. The molecule has 0 aliphatic heterocycles. The van der Waals surface area contributed by atoms with Gasteiger partial charge in [0.15, 0.2) is 5.96 Å². The first-order valence-corrected chi connectivity index (χ1v) is 9.54. The van der Waals surface area contributed by atoms with Gasteiger partial charge in [-0.3, -0.25) is 9.79 Å². The Kier molecular flexibility index (Phi) is 7.59. The van der Waals surface area contributed by atoms with Crippen molar-refractivity contribution in [3.63, 3.8) is 0 Å². The molecule has 0 spiro atoms. The Hall–Kier alpha value is -2.41. The number of carbonyl (C=O) groups excluding carboxylic acids is 1. The highest BCUT2D eigenvalue weighted by atomic mass is 32.1. The number of rotatable bonds is 7. The molecule has 2 aromatic rings. The zero-order chi connectivity index (χ0) is 18.9. The van der Waals surface area contributed by atoms with Crippen LogP contribution in [0.25, 0.3) is 0 Å². The molecular weight excluding hydrogens is 346 g/mol. The number of carbonyl (C=O) groups is 1. The maximum absolute atomic E-state index is 12.5. The zero-order valence-electron chi connectivity index (χ0n) is 15.9. The van der Waals surface area contributed by atoms with Gasteiger partial charge in [-0.1, -0.05) is 30.3 Å². The minimum atomic E-state index is 0.0455. The number of likely N-dealkylation sites (N-methyl/N-ethyl adjacent to an activating group) is 1. The molecule has 0 aliphatic rings. The minimum Gasteiger partial charge on any atom is -0.351 e. The molecule has 0 radical (unpaired) electrons. The largest absolute Gasteiger partial charge is 0.351 e. The molecular formula is C19H27N5OS. The molecule has 26 heavy (non-hydrogen) atoms. The van der Waals surface area contributed by atoms with E-state index < -0.39 is 0 Å². The van der Waals surface area contributed by atoms with Crippen molar-refractivity contribution in [1.82, 2.24) is 20.5 Å². The number of guanidine groups is 1. The topological polar surface area (TPSA) is 69.6 Å². The molecule has 7 heteroatoms. The molecule has 1 amide bonds. The number of aliphatic imine (C=N–C) groups is 1. The third-order valence-corrected chi connectivity index (χ3v) is 5.07. The molecule has 0 saturated heterocycles. The minimum absolute atomic E-state index is 0.0455. The van der Waals surface area contributed by atoms with Gasteiger partial charge in [0.05, 0.1) is 23.8 Å². The first-order chi connectivity index (χ1) is 12.5. The van der Waals surface area contributed by atoms with E-state index in [1.165, 1.54) is 4.88 Å². The van der Waals surface area contributed by atoms with Crippen LogP contribution in [-0.2, 0) is 17.9 Å². The van der Waals surface area contributed by atoms with Crippen LogP contribution in [0.3, 0.4) is 0 Å². The van der Waals surface area contributed by atoms with E-state index in [-0.39, 0.29) is 12.5 Å². The number of benzene rings is 1. The average molecular weight is 374 g/mol. The van der Waals surface area contributed by atoms with Crippen molar-refractivity contribution in [3.8, 4) is 0 Å². The van der Waals surface area contributed by atoms with Crippen LogP contribution in [0, 0.1) is 13.8 Å². The predicted octanol–water partition coefficient (Wildman–Crippen LogP) is 2.47. The van der Waals surface area contributed by atoms with Crippen molar-refractivity contribution in [2.75, 3.05) is 20.1 Å². The fraction of sp³-hybridized carbons (Fsp3) is 0.421. The van der Waals surface area contributed by atoms with Gasteiger partial charge >= 0.3 is 0 Å². The second kappa shape index (κ2) is 9.91. The molecule has 2 N–H and O–H groups in total. The van der Waals surface area contributed by atoms with Gasteiger partial charge in [0.1, 0.15) is 0 Å². The summed E-state index contributed by atoms with van der Waals surface area (Å²) in [4.78, 5) is 24.1. The van der Waals surface area contributed by atoms with Crippen LogP contribution in [0.1, 0.15) is 28.1 Å². The zero-order valence-corrected chi connectivity index (χ0v) is 16.7. The van der Waals surface area contributed by atoms with E-state index in [0.29, 0.717) is 25.6 Å². The molecule has 1 aromatic heterocycles. The highest BCUT2D eigenvalue weighted by Crippen LogP contribution is 2.16. The fourth-order valence-corrected chi connectivity index (χ4v) is 3.45. The number of thiazole rings is 1. The van der Waals surface area contributed by atoms with Crippen molar-refractivity contribution in [3.05, 3.63) is 51.5 Å². The number of nitrogens with zero attached hydrogens (tertiary/aromatic N) is 3. The highest BCUT2D eigenvalue weighted by molar-refractivity contribution is 7.11. The Morgan fingerprint density at radius 2 is 1.96 bits per heavy atom. The Morgan fingerprint density at radius 1 is 1.23 bits per heavy atom. The number of nitrogens with one attached hydrogen (secondary N) is 2. The first kappa shape index (κ1) is 19.9. The van der Waals surface area contributed by atoms with Crippen molar-refractivity contribution < 1.29 is 4.79 Å². The Morgan fingerprint density at radius 3 is 2.54 bits per heavy atom. The average Bonchev–Trinajstić information content (AvgIpc) is 2.97. The molecule has 0 unspecified atom stereocenters. The number of hydrogen-bond acceptors (Lipinski definition) is 4. The molecule has 0 saturated carbocycles. The lowest BCUT2D eigenvalue weighted by atomic mass is 10.2. The van der Waals surface area contributed by atoms with Crippen LogP contribution < -0.4 is 10.6 Å². The summed E-state index contributed by atoms with van der Waals surface area (Å²) in [5, 5.41) is 7.39. The van der Waals surface area contributed by atoms with Crippen LogP contribution in [0.2, 0.25) is 0 Å². The van der Waals surface area contributed by atoms with Crippen LogP contribution >= 0.6 is 11.3 Å². The van der Waals surface area contributed by atoms with E-state index in [1.807, 2.05) is 56.0 Å². The van der Waals surface area contributed by atoms with Crippen molar-refractivity contribution in [1.29, 1.82) is 0 Å². The molecule has 0 atom stereocenters. The van der Waals surface area contributed by atoms with Gasteiger partial charge in [-0.2, -0.15) is 0 Å². The molecule has 6 nitrogen and oxygen atoms in total. The number of aryl methyl sites for hydroxylation is 2. The summed E-state index contributed by atoms with van der Waals surface area (Å²) >= 11 is 1.67. The third-order valence-electron chi connectivity index (χ3n) is 4.00. The second-order valence-electron chi connectivity index (χ2n) is 5.91. The quantitative estimate of drug-likeness (QED) is 0.578. The van der Waals surface area contributed by atoms with Gasteiger partial charge in [-0.25, -0.2) is 4.98 Å². The van der Waals surface area contributed by atoms with Crippen LogP contribution in [-0.4, -0.2) is 41.9 Å². The SMILES string of the molecule is CCN(Cc1ccccc1)C(=O)CNC(=NC)NCc1sc(C)nc1C. The maximum Gasteiger partial charge on any atom is 0.242 e. The Labute approximate surface area is 159 Å². The summed E-state index contributed by atoms with van der Waals surface area (Å²) in [6.07, 6.45) is 0. The lowest BCUT2D eigenvalue weighted by Crippen LogP contribution is -2.44. The van der Waals surface area contributed by atoms with E-state index in [0.717, 1.165) is 16.3 Å². The number of amides is 1. The third kappa shape index (κ3) is 5.84.